The second-order valence-electron chi connectivity index (χ2n) is 9.10. The number of methoxy groups -OCH3 is 2. The summed E-state index contributed by atoms with van der Waals surface area (Å²) in [6, 6.07) is 7.79. The van der Waals surface area contributed by atoms with Crippen molar-refractivity contribution in [1.29, 1.82) is 0 Å². The lowest BCUT2D eigenvalue weighted by Crippen LogP contribution is -2.39. The van der Waals surface area contributed by atoms with Gasteiger partial charge in [-0.1, -0.05) is 38.8 Å². The molecule has 0 aliphatic heterocycles. The third kappa shape index (κ3) is 11.6. The maximum Gasteiger partial charge on any atom is 0.333 e. The highest BCUT2D eigenvalue weighted by molar-refractivity contribution is 5.96. The summed E-state index contributed by atoms with van der Waals surface area (Å²) < 4.78 is 26.1. The average Bonchev–Trinajstić information content (AvgIpc) is 2.92. The first-order valence-corrected chi connectivity index (χ1v) is 12.7. The maximum atomic E-state index is 12.5. The largest absolute Gasteiger partial charge is 0.493 e. The van der Waals surface area contributed by atoms with Gasteiger partial charge in [0, 0.05) is 23.3 Å². The van der Waals surface area contributed by atoms with Gasteiger partial charge in [0.25, 0.3) is 0 Å². The van der Waals surface area contributed by atoms with E-state index in [4.69, 9.17) is 14.2 Å². The van der Waals surface area contributed by atoms with Gasteiger partial charge in [-0.3, -0.25) is 0 Å². The Morgan fingerprint density at radius 3 is 1.68 bits per heavy atom. The van der Waals surface area contributed by atoms with Crippen LogP contribution in [0.15, 0.2) is 47.6 Å². The molecule has 0 saturated carbocycles. The van der Waals surface area contributed by atoms with Crippen LogP contribution in [0.4, 0.5) is 0 Å². The quantitative estimate of drug-likeness (QED) is 0.131. The highest BCUT2D eigenvalue weighted by Gasteiger charge is 2.34. The fourth-order valence-electron chi connectivity index (χ4n) is 3.25. The second-order valence-corrected chi connectivity index (χ2v) is 9.10. The lowest BCUT2D eigenvalue weighted by molar-refractivity contribution is -0.152. The van der Waals surface area contributed by atoms with Crippen LogP contribution in [0.5, 0.6) is 5.75 Å². The van der Waals surface area contributed by atoms with E-state index in [1.807, 2.05) is 31.2 Å². The maximum absolute atomic E-state index is 12.5. The van der Waals surface area contributed by atoms with E-state index in [9.17, 15) is 19.2 Å². The number of unbranched alkanes of at least 4 members (excludes halogenated alkanes) is 2. The fourth-order valence-corrected chi connectivity index (χ4v) is 3.25. The van der Waals surface area contributed by atoms with Gasteiger partial charge in [0.1, 0.15) is 25.6 Å². The summed E-state index contributed by atoms with van der Waals surface area (Å²) in [7, 11) is 2.42. The van der Waals surface area contributed by atoms with Gasteiger partial charge in [0.2, 0.25) is 0 Å². The predicted octanol–water partition coefficient (Wildman–Crippen LogP) is 4.52. The number of hydrogen-bond donors (Lipinski definition) is 0. The average molecular weight is 533 g/mol. The minimum Gasteiger partial charge on any atom is -0.493 e. The molecule has 0 aromatic heterocycles. The summed E-state index contributed by atoms with van der Waals surface area (Å²) in [6.45, 7) is 6.69. The molecular formula is C29H40O9. The molecule has 0 fully saturated rings. The van der Waals surface area contributed by atoms with Crippen LogP contribution >= 0.6 is 0 Å². The lowest BCUT2D eigenvalue weighted by atomic mass is 9.88. The molecule has 0 radical (unpaired) electrons. The van der Waals surface area contributed by atoms with E-state index in [1.54, 1.807) is 0 Å². The molecule has 210 valence electrons. The first kappa shape index (κ1) is 32.4. The number of rotatable bonds is 16. The summed E-state index contributed by atoms with van der Waals surface area (Å²) >= 11 is 0. The zero-order valence-corrected chi connectivity index (χ0v) is 23.3. The summed E-state index contributed by atoms with van der Waals surface area (Å²) in [5.41, 5.74) is 0.448. The Morgan fingerprint density at radius 2 is 1.26 bits per heavy atom. The molecule has 0 heterocycles. The van der Waals surface area contributed by atoms with Gasteiger partial charge in [0.05, 0.1) is 19.6 Å². The minimum atomic E-state index is -0.901. The van der Waals surface area contributed by atoms with Crippen molar-refractivity contribution in [2.24, 2.45) is 5.41 Å². The first-order chi connectivity index (χ1) is 18.1. The van der Waals surface area contributed by atoms with Crippen molar-refractivity contribution in [3.8, 4) is 5.75 Å². The number of carbonyl (C=O) groups excluding carboxylic acids is 4. The number of ether oxygens (including phenoxy) is 5. The van der Waals surface area contributed by atoms with Gasteiger partial charge >= 0.3 is 23.9 Å². The molecule has 0 spiro atoms. The molecular weight excluding hydrogens is 492 g/mol. The van der Waals surface area contributed by atoms with Gasteiger partial charge in [0.15, 0.2) is 0 Å². The van der Waals surface area contributed by atoms with Crippen molar-refractivity contribution in [3.63, 3.8) is 0 Å². The summed E-state index contributed by atoms with van der Waals surface area (Å²) in [5, 5.41) is 0. The number of aryl methyl sites for hydroxylation is 1. The summed E-state index contributed by atoms with van der Waals surface area (Å²) in [5.74, 6) is -2.15. The number of hydrogen-bond acceptors (Lipinski definition) is 9. The topological polar surface area (TPSA) is 114 Å². The van der Waals surface area contributed by atoms with Crippen LogP contribution < -0.4 is 4.74 Å². The Balaban J connectivity index is 3.01. The molecule has 0 aliphatic rings. The molecule has 0 atom stereocenters. The van der Waals surface area contributed by atoms with Crippen molar-refractivity contribution in [2.45, 2.75) is 59.8 Å². The molecule has 9 heteroatoms. The van der Waals surface area contributed by atoms with Crippen molar-refractivity contribution in [3.05, 3.63) is 53.1 Å². The van der Waals surface area contributed by atoms with E-state index in [1.165, 1.54) is 40.1 Å². The van der Waals surface area contributed by atoms with E-state index in [0.717, 1.165) is 31.4 Å². The number of esters is 4. The zero-order valence-electron chi connectivity index (χ0n) is 23.3. The monoisotopic (exact) mass is 532 g/mol. The smallest absolute Gasteiger partial charge is 0.333 e. The molecule has 0 aliphatic carbocycles. The molecule has 0 bridgehead atoms. The van der Waals surface area contributed by atoms with Crippen LogP contribution in [-0.4, -0.2) is 57.9 Å². The van der Waals surface area contributed by atoms with E-state index in [0.29, 0.717) is 12.2 Å². The third-order valence-electron chi connectivity index (χ3n) is 6.02. The SMILES string of the molecule is CCCCCc1ccc(OCC(CC)(COC(=O)/C(C)=C/C(=O)OC)COC(=O)/C(C)=C/C(=O)OC)cc1. The molecule has 38 heavy (non-hydrogen) atoms. The minimum absolute atomic E-state index is 0.0651. The molecule has 0 saturated heterocycles. The summed E-state index contributed by atoms with van der Waals surface area (Å²) in [4.78, 5) is 47.9. The number of benzene rings is 1. The molecule has 9 nitrogen and oxygen atoms in total. The molecule has 1 rings (SSSR count). The van der Waals surface area contributed by atoms with E-state index in [2.05, 4.69) is 16.4 Å². The van der Waals surface area contributed by atoms with Crippen LogP contribution in [0.25, 0.3) is 0 Å². The Hall–Kier alpha value is -3.62. The van der Waals surface area contributed by atoms with E-state index < -0.39 is 29.3 Å². The van der Waals surface area contributed by atoms with Crippen molar-refractivity contribution >= 4 is 23.9 Å². The van der Waals surface area contributed by atoms with Gasteiger partial charge in [-0.05, 0) is 50.8 Å². The first-order valence-electron chi connectivity index (χ1n) is 12.7. The molecule has 0 N–H and O–H groups in total. The molecule has 1 aromatic rings. The van der Waals surface area contributed by atoms with Gasteiger partial charge in [-0.25, -0.2) is 19.2 Å². The van der Waals surface area contributed by atoms with Gasteiger partial charge in [-0.2, -0.15) is 0 Å². The Labute approximate surface area is 225 Å². The predicted molar refractivity (Wildman–Crippen MR) is 141 cm³/mol. The van der Waals surface area contributed by atoms with Crippen LogP contribution in [0.3, 0.4) is 0 Å². The highest BCUT2D eigenvalue weighted by Crippen LogP contribution is 2.27. The van der Waals surface area contributed by atoms with Gasteiger partial charge in [-0.15, -0.1) is 0 Å². The Morgan fingerprint density at radius 1 is 0.763 bits per heavy atom. The Kier molecular flexibility index (Phi) is 14.5. The standard InChI is InChI=1S/C29H40O9/c1-7-9-10-11-23-12-14-24(15-13-23)36-18-29(8-2,19-37-27(32)21(3)16-25(30)34-5)20-38-28(33)22(4)17-26(31)35-6/h12-17H,7-11,18-20H2,1-6H3/b21-16+,22-17+. The van der Waals surface area contributed by atoms with Crippen LogP contribution in [0.1, 0.15) is 58.9 Å². The second kappa shape index (κ2) is 17.0. The van der Waals surface area contributed by atoms with Crippen LogP contribution in [0.2, 0.25) is 0 Å². The fraction of sp³-hybridized carbons (Fsp3) is 0.517. The van der Waals surface area contributed by atoms with Gasteiger partial charge < -0.3 is 23.7 Å². The zero-order chi connectivity index (χ0) is 28.6. The van der Waals surface area contributed by atoms with Crippen LogP contribution in [-0.2, 0) is 44.5 Å². The van der Waals surface area contributed by atoms with Crippen molar-refractivity contribution in [2.75, 3.05) is 34.0 Å². The van der Waals surface area contributed by atoms with Crippen LogP contribution in [0, 0.1) is 5.41 Å². The normalized spacial score (nSPS) is 11.9. The summed E-state index contributed by atoms with van der Waals surface area (Å²) in [6.07, 6.45) is 6.96. The Bertz CT molecular complexity index is 942. The molecule has 0 unspecified atom stereocenters. The third-order valence-corrected chi connectivity index (χ3v) is 6.02. The molecule has 1 aromatic carbocycles. The number of carbonyl (C=O) groups is 4. The lowest BCUT2D eigenvalue weighted by Gasteiger charge is -2.31. The highest BCUT2D eigenvalue weighted by atomic mass is 16.6. The van der Waals surface area contributed by atoms with Crippen molar-refractivity contribution < 1.29 is 42.9 Å². The van der Waals surface area contributed by atoms with E-state index >= 15 is 0 Å². The van der Waals surface area contributed by atoms with E-state index in [-0.39, 0.29) is 31.0 Å². The molecule has 0 amide bonds. The van der Waals surface area contributed by atoms with Crippen molar-refractivity contribution in [1.82, 2.24) is 0 Å².